The molecule has 0 heterocycles. The first-order valence-electron chi connectivity index (χ1n) is 4.99. The lowest BCUT2D eigenvalue weighted by Gasteiger charge is -2.23. The molecule has 0 fully saturated rings. The van der Waals surface area contributed by atoms with Crippen molar-refractivity contribution in [3.8, 4) is 0 Å². The molecule has 0 radical (unpaired) electrons. The molecule has 94 valence electrons. The van der Waals surface area contributed by atoms with Gasteiger partial charge in [0.15, 0.2) is 0 Å². The van der Waals surface area contributed by atoms with Crippen molar-refractivity contribution < 1.29 is 9.90 Å². The molecule has 1 rings (SSSR count). The van der Waals surface area contributed by atoms with E-state index in [1.807, 2.05) is 0 Å². The van der Waals surface area contributed by atoms with Gasteiger partial charge in [-0.1, -0.05) is 11.6 Å². The summed E-state index contributed by atoms with van der Waals surface area (Å²) in [4.78, 5) is 11.6. The summed E-state index contributed by atoms with van der Waals surface area (Å²) in [6.07, 6.45) is 0. The fourth-order valence-electron chi connectivity index (χ4n) is 1.08. The molecule has 0 bridgehead atoms. The first-order valence-corrected chi connectivity index (χ1v) is 6.16. The molecule has 17 heavy (non-hydrogen) atoms. The number of urea groups is 1. The molecular weight excluding hydrogens is 307 g/mol. The lowest BCUT2D eigenvalue weighted by Crippen LogP contribution is -2.48. The van der Waals surface area contributed by atoms with E-state index in [1.54, 1.807) is 32.0 Å². The minimum atomic E-state index is -0.659. The van der Waals surface area contributed by atoms with Crippen LogP contribution in [0.2, 0.25) is 5.02 Å². The van der Waals surface area contributed by atoms with Gasteiger partial charge in [-0.25, -0.2) is 4.79 Å². The zero-order valence-electron chi connectivity index (χ0n) is 9.55. The first-order chi connectivity index (χ1) is 7.84. The molecule has 3 N–H and O–H groups in total. The van der Waals surface area contributed by atoms with Gasteiger partial charge in [-0.05, 0) is 48.0 Å². The Kier molecular flexibility index (Phi) is 4.80. The molecule has 4 nitrogen and oxygen atoms in total. The summed E-state index contributed by atoms with van der Waals surface area (Å²) in [5.74, 6) is 0. The average molecular weight is 322 g/mol. The Hall–Kier alpha value is -0.780. The van der Waals surface area contributed by atoms with Crippen LogP contribution in [0.5, 0.6) is 0 Å². The Labute approximate surface area is 113 Å². The number of amides is 2. The van der Waals surface area contributed by atoms with Gasteiger partial charge < -0.3 is 15.7 Å². The van der Waals surface area contributed by atoms with Crippen LogP contribution in [0.4, 0.5) is 10.5 Å². The van der Waals surface area contributed by atoms with Crippen LogP contribution in [0, 0.1) is 0 Å². The summed E-state index contributed by atoms with van der Waals surface area (Å²) in [5, 5.41) is 14.9. The second-order valence-corrected chi connectivity index (χ2v) is 5.51. The van der Waals surface area contributed by atoms with Crippen LogP contribution in [0.15, 0.2) is 22.7 Å². The van der Waals surface area contributed by atoms with Crippen LogP contribution in [0.3, 0.4) is 0 Å². The SMILES string of the molecule is CC(C)(CO)NC(=O)Nc1ccc(Cl)c(Br)c1. The maximum absolute atomic E-state index is 11.6. The van der Waals surface area contributed by atoms with E-state index in [0.717, 1.165) is 0 Å². The fraction of sp³-hybridized carbons (Fsp3) is 0.364. The van der Waals surface area contributed by atoms with Crippen molar-refractivity contribution in [2.45, 2.75) is 19.4 Å². The smallest absolute Gasteiger partial charge is 0.319 e. The monoisotopic (exact) mass is 320 g/mol. The zero-order chi connectivity index (χ0) is 13.1. The molecular formula is C11H14BrClN2O2. The molecule has 0 atom stereocenters. The number of hydrogen-bond donors (Lipinski definition) is 3. The van der Waals surface area contributed by atoms with Crippen molar-refractivity contribution in [3.63, 3.8) is 0 Å². The normalized spacial score (nSPS) is 11.1. The quantitative estimate of drug-likeness (QED) is 0.801. The van der Waals surface area contributed by atoms with Crippen molar-refractivity contribution in [1.82, 2.24) is 5.32 Å². The Morgan fingerprint density at radius 1 is 1.53 bits per heavy atom. The van der Waals surface area contributed by atoms with Crippen LogP contribution in [-0.2, 0) is 0 Å². The number of rotatable bonds is 3. The third-order valence-corrected chi connectivity index (χ3v) is 3.24. The Balaban J connectivity index is 2.65. The van der Waals surface area contributed by atoms with Gasteiger partial charge in [-0.3, -0.25) is 0 Å². The predicted molar refractivity (Wildman–Crippen MR) is 72.5 cm³/mol. The second kappa shape index (κ2) is 5.71. The molecule has 6 heteroatoms. The lowest BCUT2D eigenvalue weighted by atomic mass is 10.1. The zero-order valence-corrected chi connectivity index (χ0v) is 11.9. The fourth-order valence-corrected chi connectivity index (χ4v) is 1.58. The highest BCUT2D eigenvalue weighted by Crippen LogP contribution is 2.25. The summed E-state index contributed by atoms with van der Waals surface area (Å²) >= 11 is 9.11. The molecule has 1 aromatic carbocycles. The highest BCUT2D eigenvalue weighted by Gasteiger charge is 2.18. The summed E-state index contributed by atoms with van der Waals surface area (Å²) in [6, 6.07) is 4.70. The van der Waals surface area contributed by atoms with Crippen molar-refractivity contribution in [3.05, 3.63) is 27.7 Å². The summed E-state index contributed by atoms with van der Waals surface area (Å²) < 4.78 is 0.707. The van der Waals surface area contributed by atoms with E-state index >= 15 is 0 Å². The number of aliphatic hydroxyl groups excluding tert-OH is 1. The van der Waals surface area contributed by atoms with Crippen molar-refractivity contribution in [2.24, 2.45) is 0 Å². The maximum Gasteiger partial charge on any atom is 0.319 e. The van der Waals surface area contributed by atoms with E-state index in [-0.39, 0.29) is 12.6 Å². The van der Waals surface area contributed by atoms with Gasteiger partial charge in [-0.15, -0.1) is 0 Å². The van der Waals surface area contributed by atoms with Crippen LogP contribution in [0.1, 0.15) is 13.8 Å². The van der Waals surface area contributed by atoms with Gasteiger partial charge in [0, 0.05) is 10.2 Å². The van der Waals surface area contributed by atoms with Crippen LogP contribution in [-0.4, -0.2) is 23.3 Å². The molecule has 0 aliphatic carbocycles. The maximum atomic E-state index is 11.6. The molecule has 2 amide bonds. The van der Waals surface area contributed by atoms with Crippen molar-refractivity contribution in [2.75, 3.05) is 11.9 Å². The number of anilines is 1. The Morgan fingerprint density at radius 3 is 2.71 bits per heavy atom. The Bertz CT molecular complexity index is 424. The Morgan fingerprint density at radius 2 is 2.18 bits per heavy atom. The van der Waals surface area contributed by atoms with Gasteiger partial charge in [-0.2, -0.15) is 0 Å². The van der Waals surface area contributed by atoms with Crippen molar-refractivity contribution in [1.29, 1.82) is 0 Å². The van der Waals surface area contributed by atoms with E-state index < -0.39 is 5.54 Å². The minimum Gasteiger partial charge on any atom is -0.394 e. The largest absolute Gasteiger partial charge is 0.394 e. The van der Waals surface area contributed by atoms with Gasteiger partial charge >= 0.3 is 6.03 Å². The number of hydrogen-bond acceptors (Lipinski definition) is 2. The second-order valence-electron chi connectivity index (χ2n) is 4.25. The number of carbonyl (C=O) groups excluding carboxylic acids is 1. The molecule has 0 spiro atoms. The molecule has 0 aliphatic rings. The third-order valence-electron chi connectivity index (χ3n) is 2.02. The predicted octanol–water partition coefficient (Wildman–Crippen LogP) is 2.99. The van der Waals surface area contributed by atoms with E-state index in [0.29, 0.717) is 15.2 Å². The summed E-state index contributed by atoms with van der Waals surface area (Å²) in [5.41, 5.74) is -0.0409. The lowest BCUT2D eigenvalue weighted by molar-refractivity contribution is 0.187. The van der Waals surface area contributed by atoms with Gasteiger partial charge in [0.2, 0.25) is 0 Å². The molecule has 1 aromatic rings. The molecule has 0 saturated heterocycles. The molecule has 0 unspecified atom stereocenters. The number of carbonyl (C=O) groups is 1. The minimum absolute atomic E-state index is 0.134. The number of nitrogens with one attached hydrogen (secondary N) is 2. The molecule has 0 aromatic heterocycles. The van der Waals surface area contributed by atoms with E-state index in [9.17, 15) is 4.79 Å². The molecule has 0 aliphatic heterocycles. The number of aliphatic hydroxyl groups is 1. The highest BCUT2D eigenvalue weighted by molar-refractivity contribution is 9.10. The topological polar surface area (TPSA) is 61.4 Å². The van der Waals surface area contributed by atoms with E-state index in [4.69, 9.17) is 16.7 Å². The number of benzene rings is 1. The van der Waals surface area contributed by atoms with E-state index in [1.165, 1.54) is 0 Å². The van der Waals surface area contributed by atoms with Gasteiger partial charge in [0.25, 0.3) is 0 Å². The number of halogens is 2. The van der Waals surface area contributed by atoms with Gasteiger partial charge in [0.1, 0.15) is 0 Å². The van der Waals surface area contributed by atoms with Crippen LogP contribution < -0.4 is 10.6 Å². The highest BCUT2D eigenvalue weighted by atomic mass is 79.9. The van der Waals surface area contributed by atoms with E-state index in [2.05, 4.69) is 26.6 Å². The summed E-state index contributed by atoms with van der Waals surface area (Å²) in [7, 11) is 0. The van der Waals surface area contributed by atoms with Crippen molar-refractivity contribution >= 4 is 39.2 Å². The first kappa shape index (κ1) is 14.3. The standard InChI is InChI=1S/C11H14BrClN2O2/c1-11(2,6-16)15-10(17)14-7-3-4-9(13)8(12)5-7/h3-5,16H,6H2,1-2H3,(H2,14,15,17). The van der Waals surface area contributed by atoms with Crippen LogP contribution >= 0.6 is 27.5 Å². The average Bonchev–Trinajstić information content (AvgIpc) is 2.23. The third kappa shape index (κ3) is 4.53. The van der Waals surface area contributed by atoms with Crippen LogP contribution in [0.25, 0.3) is 0 Å². The molecule has 0 saturated carbocycles. The summed E-state index contributed by atoms with van der Waals surface area (Å²) in [6.45, 7) is 3.32. The van der Waals surface area contributed by atoms with Gasteiger partial charge in [0.05, 0.1) is 17.2 Å².